The first kappa shape index (κ1) is 15.3. The summed E-state index contributed by atoms with van der Waals surface area (Å²) in [6.07, 6.45) is 8.11. The monoisotopic (exact) mass is 324 g/mol. The predicted octanol–water partition coefficient (Wildman–Crippen LogP) is 2.88. The number of hydrogen-bond acceptors (Lipinski definition) is 4. The summed E-state index contributed by atoms with van der Waals surface area (Å²) in [5.41, 5.74) is 5.31. The van der Waals surface area contributed by atoms with Crippen molar-refractivity contribution in [3.05, 3.63) is 30.5 Å². The highest BCUT2D eigenvalue weighted by atomic mass is 15.2. The predicted molar refractivity (Wildman–Crippen MR) is 95.0 cm³/mol. The molecule has 0 aliphatic carbocycles. The summed E-state index contributed by atoms with van der Waals surface area (Å²) in [5, 5.41) is 7.75. The molecule has 4 rings (SSSR count). The Morgan fingerprint density at radius 2 is 2.04 bits per heavy atom. The molecule has 4 heterocycles. The van der Waals surface area contributed by atoms with Gasteiger partial charge in [-0.2, -0.15) is 5.10 Å². The second kappa shape index (κ2) is 6.02. The molecule has 0 amide bonds. The van der Waals surface area contributed by atoms with E-state index in [-0.39, 0.29) is 0 Å². The Morgan fingerprint density at radius 3 is 2.71 bits per heavy atom. The Hall–Kier alpha value is -2.21. The molecule has 0 radical (unpaired) electrons. The maximum absolute atomic E-state index is 5.02. The summed E-state index contributed by atoms with van der Waals surface area (Å²) in [7, 11) is 1.93. The van der Waals surface area contributed by atoms with E-state index < -0.39 is 0 Å². The zero-order chi connectivity index (χ0) is 16.7. The standard InChI is InChI=1S/C18H24N6/c1-12(2)24-11-20-18-16(24)8-15(13-4-6-19-7-5-13)22-17(18)14-9-21-23(3)10-14/h8-13,19H,4-7H2,1-3H3. The van der Waals surface area contributed by atoms with Gasteiger partial charge in [-0.3, -0.25) is 4.68 Å². The van der Waals surface area contributed by atoms with E-state index >= 15 is 0 Å². The highest BCUT2D eigenvalue weighted by Crippen LogP contribution is 2.32. The molecule has 1 fully saturated rings. The fourth-order valence-electron chi connectivity index (χ4n) is 3.53. The molecule has 0 saturated carbocycles. The molecule has 3 aromatic heterocycles. The topological polar surface area (TPSA) is 60.6 Å². The van der Waals surface area contributed by atoms with Crippen LogP contribution >= 0.6 is 0 Å². The van der Waals surface area contributed by atoms with Crippen molar-refractivity contribution in [3.8, 4) is 11.3 Å². The number of imidazole rings is 1. The van der Waals surface area contributed by atoms with Crippen LogP contribution in [0.15, 0.2) is 24.8 Å². The molecule has 6 heteroatoms. The van der Waals surface area contributed by atoms with Crippen LogP contribution in [0.4, 0.5) is 0 Å². The number of nitrogens with one attached hydrogen (secondary N) is 1. The number of rotatable bonds is 3. The van der Waals surface area contributed by atoms with Crippen LogP contribution in [0.5, 0.6) is 0 Å². The van der Waals surface area contributed by atoms with Crippen LogP contribution in [0.2, 0.25) is 0 Å². The molecule has 0 spiro atoms. The first-order valence-electron chi connectivity index (χ1n) is 8.70. The van der Waals surface area contributed by atoms with Gasteiger partial charge in [0.1, 0.15) is 11.2 Å². The van der Waals surface area contributed by atoms with E-state index in [9.17, 15) is 0 Å². The van der Waals surface area contributed by atoms with Crippen molar-refractivity contribution in [2.45, 2.75) is 38.6 Å². The number of hydrogen-bond donors (Lipinski definition) is 1. The second-order valence-electron chi connectivity index (χ2n) is 6.94. The van der Waals surface area contributed by atoms with Gasteiger partial charge in [0, 0.05) is 36.5 Å². The Morgan fingerprint density at radius 1 is 1.25 bits per heavy atom. The van der Waals surface area contributed by atoms with Crippen molar-refractivity contribution in [2.24, 2.45) is 7.05 Å². The van der Waals surface area contributed by atoms with Gasteiger partial charge in [-0.05, 0) is 45.8 Å². The molecule has 126 valence electrons. The molecule has 24 heavy (non-hydrogen) atoms. The maximum Gasteiger partial charge on any atom is 0.115 e. The lowest BCUT2D eigenvalue weighted by molar-refractivity contribution is 0.453. The molecule has 3 aromatic rings. The molecule has 0 atom stereocenters. The smallest absolute Gasteiger partial charge is 0.115 e. The van der Waals surface area contributed by atoms with Crippen molar-refractivity contribution in [2.75, 3.05) is 13.1 Å². The summed E-state index contributed by atoms with van der Waals surface area (Å²) in [6, 6.07) is 2.62. The number of piperidine rings is 1. The molecular formula is C18H24N6. The lowest BCUT2D eigenvalue weighted by atomic mass is 9.93. The summed E-state index contributed by atoms with van der Waals surface area (Å²) < 4.78 is 4.06. The first-order valence-corrected chi connectivity index (χ1v) is 8.70. The zero-order valence-electron chi connectivity index (χ0n) is 14.5. The van der Waals surface area contributed by atoms with Gasteiger partial charge in [-0.1, -0.05) is 0 Å². The van der Waals surface area contributed by atoms with E-state index in [1.54, 1.807) is 0 Å². The van der Waals surface area contributed by atoms with Crippen LogP contribution in [0.3, 0.4) is 0 Å². The second-order valence-corrected chi connectivity index (χ2v) is 6.94. The van der Waals surface area contributed by atoms with Crippen LogP contribution < -0.4 is 5.32 Å². The molecule has 1 aliphatic heterocycles. The van der Waals surface area contributed by atoms with E-state index in [2.05, 4.69) is 39.9 Å². The highest BCUT2D eigenvalue weighted by Gasteiger charge is 2.21. The van der Waals surface area contributed by atoms with E-state index in [4.69, 9.17) is 4.98 Å². The van der Waals surface area contributed by atoms with Gasteiger partial charge < -0.3 is 9.88 Å². The average Bonchev–Trinajstić information content (AvgIpc) is 3.21. The maximum atomic E-state index is 5.02. The summed E-state index contributed by atoms with van der Waals surface area (Å²) in [4.78, 5) is 9.69. The molecular weight excluding hydrogens is 300 g/mol. The van der Waals surface area contributed by atoms with Gasteiger partial charge in [-0.25, -0.2) is 9.97 Å². The lowest BCUT2D eigenvalue weighted by Gasteiger charge is -2.23. The van der Waals surface area contributed by atoms with Gasteiger partial charge >= 0.3 is 0 Å². The quantitative estimate of drug-likeness (QED) is 0.805. The van der Waals surface area contributed by atoms with Gasteiger partial charge in [0.25, 0.3) is 0 Å². The molecule has 1 saturated heterocycles. The van der Waals surface area contributed by atoms with Gasteiger partial charge in [0.2, 0.25) is 0 Å². The number of aromatic nitrogens is 5. The first-order chi connectivity index (χ1) is 11.6. The summed E-state index contributed by atoms with van der Waals surface area (Å²) in [5.74, 6) is 0.515. The normalized spacial score (nSPS) is 16.3. The van der Waals surface area contributed by atoms with E-state index in [1.807, 2.05) is 30.5 Å². The SMILES string of the molecule is CC(C)n1cnc2c(-c3cnn(C)c3)nc(C3CCNCC3)cc21. The molecule has 0 unspecified atom stereocenters. The molecule has 6 nitrogen and oxygen atoms in total. The van der Waals surface area contributed by atoms with Crippen LogP contribution in [0.25, 0.3) is 22.3 Å². The van der Waals surface area contributed by atoms with E-state index in [0.29, 0.717) is 12.0 Å². The third kappa shape index (κ3) is 2.60. The largest absolute Gasteiger partial charge is 0.328 e. The van der Waals surface area contributed by atoms with Gasteiger partial charge in [0.05, 0.1) is 18.0 Å². The van der Waals surface area contributed by atoms with Crippen LogP contribution in [-0.4, -0.2) is 37.4 Å². The van der Waals surface area contributed by atoms with E-state index in [1.165, 1.54) is 11.2 Å². The van der Waals surface area contributed by atoms with Crippen molar-refractivity contribution in [1.82, 2.24) is 29.6 Å². The number of aryl methyl sites for hydroxylation is 1. The number of pyridine rings is 1. The van der Waals surface area contributed by atoms with Gasteiger partial charge in [-0.15, -0.1) is 0 Å². The Labute approximate surface area is 141 Å². The molecule has 0 bridgehead atoms. The average molecular weight is 324 g/mol. The molecule has 1 N–H and O–H groups in total. The Kier molecular flexibility index (Phi) is 3.84. The number of fused-ring (bicyclic) bond motifs is 1. The Balaban J connectivity index is 1.91. The van der Waals surface area contributed by atoms with E-state index in [0.717, 1.165) is 42.7 Å². The van der Waals surface area contributed by atoms with Crippen molar-refractivity contribution < 1.29 is 0 Å². The lowest BCUT2D eigenvalue weighted by Crippen LogP contribution is -2.27. The highest BCUT2D eigenvalue weighted by molar-refractivity contribution is 5.89. The third-order valence-corrected chi connectivity index (χ3v) is 4.87. The third-order valence-electron chi connectivity index (χ3n) is 4.87. The van der Waals surface area contributed by atoms with Crippen LogP contribution in [0.1, 0.15) is 44.3 Å². The minimum absolute atomic E-state index is 0.375. The Bertz CT molecular complexity index is 854. The minimum atomic E-state index is 0.375. The molecule has 1 aliphatic rings. The van der Waals surface area contributed by atoms with Crippen LogP contribution in [0, 0.1) is 0 Å². The van der Waals surface area contributed by atoms with Crippen LogP contribution in [-0.2, 0) is 7.05 Å². The van der Waals surface area contributed by atoms with Crippen molar-refractivity contribution in [3.63, 3.8) is 0 Å². The zero-order valence-corrected chi connectivity index (χ0v) is 14.5. The summed E-state index contributed by atoms with van der Waals surface area (Å²) in [6.45, 7) is 6.51. The fourth-order valence-corrected chi connectivity index (χ4v) is 3.53. The van der Waals surface area contributed by atoms with Crippen molar-refractivity contribution in [1.29, 1.82) is 0 Å². The number of nitrogens with zero attached hydrogens (tertiary/aromatic N) is 5. The van der Waals surface area contributed by atoms with Crippen molar-refractivity contribution >= 4 is 11.0 Å². The fraction of sp³-hybridized carbons (Fsp3) is 0.500. The molecule has 0 aromatic carbocycles. The van der Waals surface area contributed by atoms with Gasteiger partial charge in [0.15, 0.2) is 0 Å². The minimum Gasteiger partial charge on any atom is -0.328 e. The summed E-state index contributed by atoms with van der Waals surface area (Å²) >= 11 is 0.